The average molecular weight is 296 g/mol. The van der Waals surface area contributed by atoms with Gasteiger partial charge in [-0.05, 0) is 64.5 Å². The molecule has 2 saturated carbocycles. The maximum absolute atomic E-state index is 11.9. The molecule has 0 radical (unpaired) electrons. The van der Waals surface area contributed by atoms with Crippen molar-refractivity contribution in [3.8, 4) is 0 Å². The van der Waals surface area contributed by atoms with Crippen molar-refractivity contribution < 1.29 is 9.90 Å². The molecule has 0 amide bonds. The van der Waals surface area contributed by atoms with Gasteiger partial charge in [0.25, 0.3) is 0 Å². The minimum atomic E-state index is -0.650. The summed E-state index contributed by atoms with van der Waals surface area (Å²) in [5.74, 6) is 0.279. The molecule has 0 aromatic rings. The fourth-order valence-corrected chi connectivity index (χ4v) is 3.67. The number of aliphatic carboxylic acids is 1. The van der Waals surface area contributed by atoms with Crippen molar-refractivity contribution in [2.24, 2.45) is 11.8 Å². The van der Waals surface area contributed by atoms with Crippen molar-refractivity contribution in [3.63, 3.8) is 0 Å². The zero-order chi connectivity index (χ0) is 15.6. The monoisotopic (exact) mass is 296 g/mol. The number of nitrogens with one attached hydrogen (secondary N) is 1. The molecule has 4 nitrogen and oxygen atoms in total. The van der Waals surface area contributed by atoms with Gasteiger partial charge >= 0.3 is 5.97 Å². The fourth-order valence-electron chi connectivity index (χ4n) is 3.67. The summed E-state index contributed by atoms with van der Waals surface area (Å²) in [7, 11) is 2.16. The summed E-state index contributed by atoms with van der Waals surface area (Å²) in [6, 6.07) is 0.996. The number of carboxylic acid groups (broad SMARTS) is 1. The Morgan fingerprint density at radius 3 is 2.52 bits per heavy atom. The Balaban J connectivity index is 1.95. The zero-order valence-corrected chi connectivity index (χ0v) is 14.1. The van der Waals surface area contributed by atoms with E-state index in [9.17, 15) is 9.90 Å². The second-order valence-electron chi connectivity index (χ2n) is 7.54. The summed E-state index contributed by atoms with van der Waals surface area (Å²) >= 11 is 0. The van der Waals surface area contributed by atoms with Crippen molar-refractivity contribution in [1.82, 2.24) is 10.2 Å². The molecule has 0 bridgehead atoms. The number of carbonyl (C=O) groups is 1. The van der Waals surface area contributed by atoms with Gasteiger partial charge in [-0.15, -0.1) is 0 Å². The first kappa shape index (κ1) is 16.8. The molecule has 2 aliphatic carbocycles. The van der Waals surface area contributed by atoms with Gasteiger partial charge < -0.3 is 10.0 Å². The van der Waals surface area contributed by atoms with Gasteiger partial charge in [0.2, 0.25) is 0 Å². The molecule has 0 aliphatic heterocycles. The highest BCUT2D eigenvalue weighted by molar-refractivity contribution is 5.80. The molecule has 3 atom stereocenters. The quantitative estimate of drug-likeness (QED) is 0.723. The molecule has 0 saturated heterocycles. The largest absolute Gasteiger partial charge is 0.480 e. The van der Waals surface area contributed by atoms with Crippen molar-refractivity contribution in [2.45, 2.75) is 76.9 Å². The molecular formula is C17H32N2O2. The van der Waals surface area contributed by atoms with Gasteiger partial charge in [0.15, 0.2) is 0 Å². The lowest BCUT2D eigenvalue weighted by atomic mass is 9.84. The van der Waals surface area contributed by atoms with Crippen LogP contribution in [0.15, 0.2) is 0 Å². The summed E-state index contributed by atoms with van der Waals surface area (Å²) in [6.45, 7) is 7.73. The Hall–Kier alpha value is -0.610. The summed E-state index contributed by atoms with van der Waals surface area (Å²) in [6.07, 6.45) is 6.17. The summed E-state index contributed by atoms with van der Waals surface area (Å²) in [5.41, 5.74) is -0.650. The molecule has 0 heterocycles. The lowest BCUT2D eigenvalue weighted by Gasteiger charge is -2.35. The van der Waals surface area contributed by atoms with E-state index >= 15 is 0 Å². The van der Waals surface area contributed by atoms with Crippen LogP contribution in [0.5, 0.6) is 0 Å². The van der Waals surface area contributed by atoms with E-state index in [4.69, 9.17) is 0 Å². The first-order chi connectivity index (χ1) is 9.86. The maximum atomic E-state index is 11.9. The van der Waals surface area contributed by atoms with Crippen LogP contribution in [-0.2, 0) is 4.79 Å². The smallest absolute Gasteiger partial charge is 0.324 e. The van der Waals surface area contributed by atoms with Crippen LogP contribution in [0.4, 0.5) is 0 Å². The lowest BCUT2D eigenvalue weighted by Crippen LogP contribution is -2.56. The topological polar surface area (TPSA) is 52.6 Å². The van der Waals surface area contributed by atoms with E-state index in [0.717, 1.165) is 45.1 Å². The molecule has 2 aliphatic rings. The number of hydrogen-bond donors (Lipinski definition) is 2. The molecule has 2 N–H and O–H groups in total. The molecule has 0 aromatic carbocycles. The van der Waals surface area contributed by atoms with Gasteiger partial charge in [-0.25, -0.2) is 0 Å². The van der Waals surface area contributed by atoms with Gasteiger partial charge in [-0.3, -0.25) is 10.1 Å². The summed E-state index contributed by atoms with van der Waals surface area (Å²) in [5, 5.41) is 13.3. The van der Waals surface area contributed by atoms with E-state index in [2.05, 4.69) is 38.0 Å². The Bertz CT molecular complexity index is 368. The van der Waals surface area contributed by atoms with Crippen LogP contribution >= 0.6 is 0 Å². The first-order valence-corrected chi connectivity index (χ1v) is 8.58. The van der Waals surface area contributed by atoms with Crippen LogP contribution in [0, 0.1) is 11.8 Å². The molecule has 122 valence electrons. The van der Waals surface area contributed by atoms with Gasteiger partial charge in [0, 0.05) is 12.1 Å². The first-order valence-electron chi connectivity index (χ1n) is 8.58. The minimum absolute atomic E-state index is 0.275. The van der Waals surface area contributed by atoms with E-state index in [-0.39, 0.29) is 5.92 Å². The van der Waals surface area contributed by atoms with Crippen molar-refractivity contribution in [3.05, 3.63) is 0 Å². The highest BCUT2D eigenvalue weighted by Crippen LogP contribution is 2.40. The van der Waals surface area contributed by atoms with E-state index < -0.39 is 11.5 Å². The number of carboxylic acids is 1. The van der Waals surface area contributed by atoms with Crippen molar-refractivity contribution >= 4 is 5.97 Å². The van der Waals surface area contributed by atoms with Crippen LogP contribution in [0.2, 0.25) is 0 Å². The second-order valence-corrected chi connectivity index (χ2v) is 7.54. The third kappa shape index (κ3) is 3.78. The van der Waals surface area contributed by atoms with Crippen molar-refractivity contribution in [2.75, 3.05) is 13.6 Å². The third-order valence-electron chi connectivity index (χ3n) is 5.73. The van der Waals surface area contributed by atoms with Crippen LogP contribution < -0.4 is 5.32 Å². The fraction of sp³-hybridized carbons (Fsp3) is 0.941. The average Bonchev–Trinajstić information content (AvgIpc) is 3.13. The molecular weight excluding hydrogens is 264 g/mol. The van der Waals surface area contributed by atoms with E-state index in [1.54, 1.807) is 0 Å². The molecule has 2 rings (SSSR count). The van der Waals surface area contributed by atoms with Crippen LogP contribution in [0.25, 0.3) is 0 Å². The van der Waals surface area contributed by atoms with E-state index in [0.29, 0.717) is 18.0 Å². The lowest BCUT2D eigenvalue weighted by molar-refractivity contribution is -0.147. The third-order valence-corrected chi connectivity index (χ3v) is 5.73. The normalized spacial score (nSPS) is 31.0. The standard InChI is InChI=1S/C17H32N2O2/c1-12(2)13(3)19(4)11-9-14-6-5-10-17(14,16(20)21)18-15-7-8-15/h12-15,18H,5-11H2,1-4H3,(H,20,21). The maximum Gasteiger partial charge on any atom is 0.324 e. The van der Waals surface area contributed by atoms with Gasteiger partial charge in [-0.1, -0.05) is 20.3 Å². The predicted molar refractivity (Wildman–Crippen MR) is 85.4 cm³/mol. The zero-order valence-electron chi connectivity index (χ0n) is 14.1. The second kappa shape index (κ2) is 6.66. The molecule has 21 heavy (non-hydrogen) atoms. The Kier molecular flexibility index (Phi) is 5.31. The minimum Gasteiger partial charge on any atom is -0.480 e. The van der Waals surface area contributed by atoms with Gasteiger partial charge in [-0.2, -0.15) is 0 Å². The summed E-state index contributed by atoms with van der Waals surface area (Å²) < 4.78 is 0. The Labute approximate surface area is 129 Å². The number of hydrogen-bond acceptors (Lipinski definition) is 3. The highest BCUT2D eigenvalue weighted by Gasteiger charge is 2.51. The molecule has 0 spiro atoms. The number of rotatable bonds is 8. The number of nitrogens with zero attached hydrogens (tertiary/aromatic N) is 1. The van der Waals surface area contributed by atoms with Crippen LogP contribution in [0.1, 0.15) is 59.3 Å². The highest BCUT2D eigenvalue weighted by atomic mass is 16.4. The van der Waals surface area contributed by atoms with Crippen LogP contribution in [-0.4, -0.2) is 47.2 Å². The predicted octanol–water partition coefficient (Wildman–Crippen LogP) is 2.73. The Morgan fingerprint density at radius 1 is 1.33 bits per heavy atom. The van der Waals surface area contributed by atoms with Crippen LogP contribution in [0.3, 0.4) is 0 Å². The molecule has 4 heteroatoms. The van der Waals surface area contributed by atoms with E-state index in [1.807, 2.05) is 0 Å². The van der Waals surface area contributed by atoms with E-state index in [1.165, 1.54) is 0 Å². The molecule has 0 aromatic heterocycles. The molecule has 2 fully saturated rings. The summed E-state index contributed by atoms with van der Waals surface area (Å²) in [4.78, 5) is 14.3. The SMILES string of the molecule is CC(C)C(C)N(C)CCC1CCCC1(NC1CC1)C(=O)O. The van der Waals surface area contributed by atoms with Gasteiger partial charge in [0.1, 0.15) is 5.54 Å². The Morgan fingerprint density at radius 2 is 2.00 bits per heavy atom. The molecule has 3 unspecified atom stereocenters. The van der Waals surface area contributed by atoms with Gasteiger partial charge in [0.05, 0.1) is 0 Å². The van der Waals surface area contributed by atoms with Crippen molar-refractivity contribution in [1.29, 1.82) is 0 Å².